The molecule has 0 aliphatic rings. The molecule has 0 amide bonds. The Balaban J connectivity index is 2.29. The maximum Gasteiger partial charge on any atom is 0.121 e. The molecule has 5 heteroatoms. The van der Waals surface area contributed by atoms with Crippen molar-refractivity contribution in [2.45, 2.75) is 0 Å². The molecule has 2 aromatic rings. The lowest BCUT2D eigenvalue weighted by atomic mass is 10.3. The molecule has 88 valence electrons. The van der Waals surface area contributed by atoms with Crippen molar-refractivity contribution in [2.75, 3.05) is 12.4 Å². The number of hydrogen-bond donors (Lipinski definition) is 1. The molecule has 2 rings (SSSR count). The molecule has 0 saturated heterocycles. The molecule has 0 fully saturated rings. The van der Waals surface area contributed by atoms with Gasteiger partial charge in [0, 0.05) is 16.7 Å². The van der Waals surface area contributed by atoms with E-state index in [-0.39, 0.29) is 0 Å². The Morgan fingerprint density at radius 2 is 2.12 bits per heavy atom. The zero-order valence-corrected chi connectivity index (χ0v) is 11.4. The van der Waals surface area contributed by atoms with Gasteiger partial charge >= 0.3 is 0 Å². The number of aromatic nitrogens is 1. The second-order valence-electron chi connectivity index (χ2n) is 3.36. The van der Waals surface area contributed by atoms with E-state index in [9.17, 15) is 0 Å². The summed E-state index contributed by atoms with van der Waals surface area (Å²) in [6.45, 7) is 0. The molecule has 3 nitrogen and oxygen atoms in total. The molecule has 0 spiro atoms. The Hall–Kier alpha value is -1.26. The van der Waals surface area contributed by atoms with Crippen LogP contribution in [-0.4, -0.2) is 12.1 Å². The normalized spacial score (nSPS) is 10.1. The van der Waals surface area contributed by atoms with Crippen LogP contribution in [0, 0.1) is 0 Å². The maximum absolute atomic E-state index is 6.09. The number of pyridine rings is 1. The van der Waals surface area contributed by atoms with Crippen molar-refractivity contribution in [2.24, 2.45) is 0 Å². The molecule has 1 aromatic heterocycles. The van der Waals surface area contributed by atoms with Gasteiger partial charge in [0.1, 0.15) is 5.75 Å². The number of halogens is 2. The van der Waals surface area contributed by atoms with Crippen molar-refractivity contribution in [3.63, 3.8) is 0 Å². The van der Waals surface area contributed by atoms with Gasteiger partial charge in [-0.15, -0.1) is 0 Å². The van der Waals surface area contributed by atoms with Crippen molar-refractivity contribution in [3.8, 4) is 5.75 Å². The highest BCUT2D eigenvalue weighted by molar-refractivity contribution is 9.10. The summed E-state index contributed by atoms with van der Waals surface area (Å²) in [5.41, 5.74) is 1.64. The minimum Gasteiger partial charge on any atom is -0.497 e. The molecule has 0 unspecified atom stereocenters. The van der Waals surface area contributed by atoms with Crippen molar-refractivity contribution in [1.29, 1.82) is 0 Å². The summed E-state index contributed by atoms with van der Waals surface area (Å²) in [6.07, 6.45) is 3.44. The van der Waals surface area contributed by atoms with Crippen molar-refractivity contribution < 1.29 is 4.74 Å². The van der Waals surface area contributed by atoms with E-state index in [4.69, 9.17) is 16.3 Å². The van der Waals surface area contributed by atoms with Gasteiger partial charge in [0.25, 0.3) is 0 Å². The van der Waals surface area contributed by atoms with Gasteiger partial charge in [-0.1, -0.05) is 11.6 Å². The van der Waals surface area contributed by atoms with Crippen LogP contribution in [0.1, 0.15) is 0 Å². The first-order valence-corrected chi connectivity index (χ1v) is 6.07. The largest absolute Gasteiger partial charge is 0.497 e. The fraction of sp³-hybridized carbons (Fsp3) is 0.0833. The number of anilines is 2. The third-order valence-corrected chi connectivity index (χ3v) is 2.92. The molecule has 1 heterocycles. The third-order valence-electron chi connectivity index (χ3n) is 2.16. The van der Waals surface area contributed by atoms with Gasteiger partial charge in [-0.05, 0) is 34.1 Å². The molecule has 1 N–H and O–H groups in total. The van der Waals surface area contributed by atoms with E-state index in [2.05, 4.69) is 26.2 Å². The average molecular weight is 314 g/mol. The Labute approximate surface area is 113 Å². The first kappa shape index (κ1) is 12.2. The van der Waals surface area contributed by atoms with Gasteiger partial charge in [0.05, 0.1) is 29.7 Å². The molecular formula is C12H10BrClN2O. The molecule has 17 heavy (non-hydrogen) atoms. The lowest BCUT2D eigenvalue weighted by Gasteiger charge is -2.09. The minimum atomic E-state index is 0.630. The van der Waals surface area contributed by atoms with Gasteiger partial charge in [-0.3, -0.25) is 4.98 Å². The zero-order chi connectivity index (χ0) is 12.3. The van der Waals surface area contributed by atoms with Gasteiger partial charge < -0.3 is 10.1 Å². The number of benzene rings is 1. The first-order valence-electron chi connectivity index (χ1n) is 4.90. The second-order valence-corrected chi connectivity index (χ2v) is 4.69. The van der Waals surface area contributed by atoms with E-state index >= 15 is 0 Å². The summed E-state index contributed by atoms with van der Waals surface area (Å²) in [7, 11) is 1.62. The highest BCUT2D eigenvalue weighted by Gasteiger charge is 2.03. The van der Waals surface area contributed by atoms with Crippen LogP contribution < -0.4 is 10.1 Å². The average Bonchev–Trinajstić information content (AvgIpc) is 2.32. The molecule has 0 aliphatic heterocycles. The van der Waals surface area contributed by atoms with Gasteiger partial charge in [0.15, 0.2) is 0 Å². The van der Waals surface area contributed by atoms with Crippen LogP contribution in [0.2, 0.25) is 5.02 Å². The lowest BCUT2D eigenvalue weighted by Crippen LogP contribution is -1.93. The highest BCUT2D eigenvalue weighted by atomic mass is 79.9. The summed E-state index contributed by atoms with van der Waals surface area (Å²) in [5, 5.41) is 3.81. The Morgan fingerprint density at radius 3 is 2.82 bits per heavy atom. The predicted molar refractivity (Wildman–Crippen MR) is 73.2 cm³/mol. The van der Waals surface area contributed by atoms with Gasteiger partial charge in [0.2, 0.25) is 0 Å². The second kappa shape index (κ2) is 5.38. The molecule has 0 radical (unpaired) electrons. The lowest BCUT2D eigenvalue weighted by molar-refractivity contribution is 0.415. The number of rotatable bonds is 3. The number of hydrogen-bond acceptors (Lipinski definition) is 3. The topological polar surface area (TPSA) is 34.1 Å². The molecule has 0 saturated carbocycles. The Kier molecular flexibility index (Phi) is 3.86. The summed E-state index contributed by atoms with van der Waals surface area (Å²) in [4.78, 5) is 4.07. The van der Waals surface area contributed by atoms with E-state index in [1.807, 2.05) is 18.2 Å². The highest BCUT2D eigenvalue weighted by Crippen LogP contribution is 2.29. The quantitative estimate of drug-likeness (QED) is 0.920. The van der Waals surface area contributed by atoms with E-state index in [0.717, 1.165) is 21.6 Å². The Morgan fingerprint density at radius 1 is 1.29 bits per heavy atom. The summed E-state index contributed by atoms with van der Waals surface area (Å²) >= 11 is 9.45. The SMILES string of the molecule is COc1ccc(Cl)c(Nc2cncc(Br)c2)c1. The van der Waals surface area contributed by atoms with E-state index < -0.39 is 0 Å². The smallest absolute Gasteiger partial charge is 0.121 e. The van der Waals surface area contributed by atoms with E-state index in [1.54, 1.807) is 25.6 Å². The van der Waals surface area contributed by atoms with Crippen LogP contribution in [0.25, 0.3) is 0 Å². The number of methoxy groups -OCH3 is 1. The van der Waals surface area contributed by atoms with Crippen LogP contribution in [-0.2, 0) is 0 Å². The molecule has 0 bridgehead atoms. The van der Waals surface area contributed by atoms with Crippen molar-refractivity contribution >= 4 is 38.9 Å². The zero-order valence-electron chi connectivity index (χ0n) is 9.08. The standard InChI is InChI=1S/C12H10BrClN2O/c1-17-10-2-3-11(14)12(5-10)16-9-4-8(13)6-15-7-9/h2-7,16H,1H3. The van der Waals surface area contributed by atoms with Crippen LogP contribution in [0.15, 0.2) is 41.1 Å². The van der Waals surface area contributed by atoms with Gasteiger partial charge in [-0.25, -0.2) is 0 Å². The number of ether oxygens (including phenoxy) is 1. The summed E-state index contributed by atoms with van der Waals surface area (Å²) in [5.74, 6) is 0.750. The fourth-order valence-corrected chi connectivity index (χ4v) is 1.89. The van der Waals surface area contributed by atoms with Crippen LogP contribution in [0.4, 0.5) is 11.4 Å². The minimum absolute atomic E-state index is 0.630. The number of nitrogens with zero attached hydrogens (tertiary/aromatic N) is 1. The van der Waals surface area contributed by atoms with Crippen LogP contribution in [0.5, 0.6) is 5.75 Å². The maximum atomic E-state index is 6.09. The Bertz CT molecular complexity index is 534. The molecular weight excluding hydrogens is 304 g/mol. The molecule has 0 aliphatic carbocycles. The van der Waals surface area contributed by atoms with E-state index in [1.165, 1.54) is 0 Å². The third kappa shape index (κ3) is 3.11. The van der Waals surface area contributed by atoms with Crippen molar-refractivity contribution in [3.05, 3.63) is 46.2 Å². The van der Waals surface area contributed by atoms with Gasteiger partial charge in [-0.2, -0.15) is 0 Å². The van der Waals surface area contributed by atoms with Crippen LogP contribution in [0.3, 0.4) is 0 Å². The number of nitrogens with one attached hydrogen (secondary N) is 1. The van der Waals surface area contributed by atoms with Crippen LogP contribution >= 0.6 is 27.5 Å². The summed E-state index contributed by atoms with van der Waals surface area (Å²) < 4.78 is 6.05. The molecule has 1 aromatic carbocycles. The van der Waals surface area contributed by atoms with E-state index in [0.29, 0.717) is 5.02 Å². The van der Waals surface area contributed by atoms with Crippen molar-refractivity contribution in [1.82, 2.24) is 4.98 Å². The summed E-state index contributed by atoms with van der Waals surface area (Å²) in [6, 6.07) is 7.35. The molecule has 0 atom stereocenters. The monoisotopic (exact) mass is 312 g/mol. The predicted octanol–water partition coefficient (Wildman–Crippen LogP) is 4.25. The fourth-order valence-electron chi connectivity index (χ4n) is 1.36. The first-order chi connectivity index (χ1) is 8.19.